The van der Waals surface area contributed by atoms with Gasteiger partial charge in [0, 0.05) is 18.0 Å². The molecule has 0 unspecified atom stereocenters. The lowest BCUT2D eigenvalue weighted by molar-refractivity contribution is -0.0470. The van der Waals surface area contributed by atoms with Crippen molar-refractivity contribution in [3.63, 3.8) is 0 Å². The van der Waals surface area contributed by atoms with Gasteiger partial charge in [-0.25, -0.2) is 9.97 Å². The number of imidazole rings is 1. The van der Waals surface area contributed by atoms with Gasteiger partial charge in [-0.3, -0.25) is 9.55 Å². The van der Waals surface area contributed by atoms with Crippen LogP contribution in [0.5, 0.6) is 5.88 Å². The maximum absolute atomic E-state index is 7.36. The molecule has 262 valence electrons. The number of hydrogen-bond acceptors (Lipinski definition) is 9. The molecule has 47 heavy (non-hydrogen) atoms. The molecule has 0 amide bonds. The zero-order chi connectivity index (χ0) is 35.4. The number of methoxy groups -OCH3 is 1. The third-order valence-corrected chi connectivity index (χ3v) is 24.4. The van der Waals surface area contributed by atoms with Gasteiger partial charge in [-0.1, -0.05) is 62.3 Å². The van der Waals surface area contributed by atoms with Crippen molar-refractivity contribution < 1.29 is 22.8 Å². The molecule has 10 nitrogen and oxygen atoms in total. The number of rotatable bonds is 10. The molecule has 13 heteroatoms. The summed E-state index contributed by atoms with van der Waals surface area (Å²) in [5.41, 5.74) is 1.99. The van der Waals surface area contributed by atoms with E-state index in [0.717, 1.165) is 5.56 Å². The quantitative estimate of drug-likeness (QED) is 0.192. The van der Waals surface area contributed by atoms with Crippen LogP contribution in [0.4, 0.5) is 0 Å². The van der Waals surface area contributed by atoms with Crippen LogP contribution in [0.1, 0.15) is 68.5 Å². The first-order chi connectivity index (χ1) is 21.4. The maximum atomic E-state index is 7.36. The lowest BCUT2D eigenvalue weighted by Gasteiger charge is -2.44. The Bertz CT molecular complexity index is 1530. The lowest BCUT2D eigenvalue weighted by Crippen LogP contribution is -2.54. The average molecular weight is 702 g/mol. The van der Waals surface area contributed by atoms with E-state index in [1.54, 1.807) is 25.8 Å². The Morgan fingerprint density at radius 2 is 1.30 bits per heavy atom. The van der Waals surface area contributed by atoms with Gasteiger partial charge in [-0.15, -0.1) is 0 Å². The SMILES string of the molecule is COc1nc(-c2ccncc2)nc2c1ncn2[C@@H]1O[C@H](CO[Si](C)(C)C(C)(C)C)[C@@H](O[Si](C)(C)C(C)(C)C)[C@H]1O[Si](C)(C)C(C)(C)C. The van der Waals surface area contributed by atoms with Gasteiger partial charge in [0.05, 0.1) is 20.0 Å². The van der Waals surface area contributed by atoms with Crippen molar-refractivity contribution in [2.45, 2.75) is 141 Å². The first-order valence-corrected chi connectivity index (χ1v) is 25.5. The molecule has 0 bridgehead atoms. The van der Waals surface area contributed by atoms with Crippen molar-refractivity contribution >= 4 is 36.1 Å². The summed E-state index contributed by atoms with van der Waals surface area (Å²) >= 11 is 0. The molecule has 0 N–H and O–H groups in total. The van der Waals surface area contributed by atoms with Gasteiger partial charge >= 0.3 is 0 Å². The number of ether oxygens (including phenoxy) is 2. The smallest absolute Gasteiger partial charge is 0.245 e. The fraction of sp³-hybridized carbons (Fsp3) is 0.706. The van der Waals surface area contributed by atoms with Crippen LogP contribution in [0.2, 0.25) is 54.4 Å². The molecular formula is C34H59N5O5Si3. The summed E-state index contributed by atoms with van der Waals surface area (Å²) in [4.78, 5) is 18.6. The van der Waals surface area contributed by atoms with Crippen molar-refractivity contribution in [3.05, 3.63) is 30.9 Å². The Hall–Kier alpha value is -2.01. The van der Waals surface area contributed by atoms with Crippen molar-refractivity contribution in [1.29, 1.82) is 0 Å². The van der Waals surface area contributed by atoms with Crippen LogP contribution < -0.4 is 4.74 Å². The molecule has 1 aliphatic heterocycles. The van der Waals surface area contributed by atoms with Gasteiger partial charge in [0.2, 0.25) is 5.88 Å². The van der Waals surface area contributed by atoms with Crippen LogP contribution in [-0.2, 0) is 18.0 Å². The average Bonchev–Trinajstić information content (AvgIpc) is 3.50. The Morgan fingerprint density at radius 3 is 1.81 bits per heavy atom. The number of fused-ring (bicyclic) bond motifs is 1. The van der Waals surface area contributed by atoms with Gasteiger partial charge in [0.1, 0.15) is 18.3 Å². The van der Waals surface area contributed by atoms with Crippen LogP contribution in [0.25, 0.3) is 22.6 Å². The fourth-order valence-corrected chi connectivity index (χ4v) is 8.34. The van der Waals surface area contributed by atoms with Crippen LogP contribution in [0.3, 0.4) is 0 Å². The Labute approximate surface area is 285 Å². The number of hydrogen-bond donors (Lipinski definition) is 0. The number of aromatic nitrogens is 5. The van der Waals surface area contributed by atoms with Gasteiger partial charge in [-0.05, 0) is 66.5 Å². The van der Waals surface area contributed by atoms with Crippen molar-refractivity contribution in [1.82, 2.24) is 24.5 Å². The van der Waals surface area contributed by atoms with Crippen LogP contribution in [0.15, 0.2) is 30.9 Å². The third-order valence-electron chi connectivity index (χ3n) is 11.0. The van der Waals surface area contributed by atoms with E-state index in [4.69, 9.17) is 32.7 Å². The van der Waals surface area contributed by atoms with Crippen molar-refractivity contribution in [2.75, 3.05) is 13.7 Å². The molecule has 4 rings (SSSR count). The Balaban J connectivity index is 1.90. The summed E-state index contributed by atoms with van der Waals surface area (Å²) in [7, 11) is -5.12. The fourth-order valence-electron chi connectivity index (χ4n) is 4.72. The number of nitrogens with zero attached hydrogens (tertiary/aromatic N) is 5. The van der Waals surface area contributed by atoms with Gasteiger partial charge in [0.25, 0.3) is 0 Å². The summed E-state index contributed by atoms with van der Waals surface area (Å²) < 4.78 is 36.3. The zero-order valence-corrected chi connectivity index (χ0v) is 34.7. The molecule has 1 saturated heterocycles. The van der Waals surface area contributed by atoms with Gasteiger partial charge in [-0.2, -0.15) is 4.98 Å². The predicted octanol–water partition coefficient (Wildman–Crippen LogP) is 8.60. The summed E-state index contributed by atoms with van der Waals surface area (Å²) in [6, 6.07) is 3.77. The summed E-state index contributed by atoms with van der Waals surface area (Å²) in [6.45, 7) is 34.5. The van der Waals surface area contributed by atoms with Crippen molar-refractivity contribution in [3.8, 4) is 17.3 Å². The molecule has 0 saturated carbocycles. The molecule has 0 radical (unpaired) electrons. The summed E-state index contributed by atoms with van der Waals surface area (Å²) in [5.74, 6) is 0.914. The van der Waals surface area contributed by atoms with Crippen LogP contribution in [-0.4, -0.2) is 81.5 Å². The van der Waals surface area contributed by atoms with Crippen molar-refractivity contribution in [2.24, 2.45) is 0 Å². The second kappa shape index (κ2) is 13.0. The molecule has 0 aliphatic carbocycles. The second-order valence-electron chi connectivity index (χ2n) is 17.4. The second-order valence-corrected chi connectivity index (χ2v) is 31.8. The van der Waals surface area contributed by atoms with Crippen LogP contribution >= 0.6 is 0 Å². The minimum absolute atomic E-state index is 0.0147. The Morgan fingerprint density at radius 1 is 0.766 bits per heavy atom. The summed E-state index contributed by atoms with van der Waals surface area (Å²) in [5, 5.41) is 0.000106. The Kier molecular flexibility index (Phi) is 10.5. The predicted molar refractivity (Wildman–Crippen MR) is 196 cm³/mol. The van der Waals surface area contributed by atoms with E-state index < -0.39 is 37.3 Å². The highest BCUT2D eigenvalue weighted by Crippen LogP contribution is 2.47. The maximum Gasteiger partial charge on any atom is 0.245 e. The molecule has 3 aromatic rings. The van der Waals surface area contributed by atoms with E-state index in [2.05, 4.69) is 112 Å². The highest BCUT2D eigenvalue weighted by atomic mass is 28.4. The first kappa shape index (κ1) is 37.8. The lowest BCUT2D eigenvalue weighted by atomic mass is 10.1. The molecule has 0 spiro atoms. The van der Waals surface area contributed by atoms with E-state index in [0.29, 0.717) is 29.5 Å². The minimum atomic E-state index is -2.33. The highest BCUT2D eigenvalue weighted by molar-refractivity contribution is 6.75. The topological polar surface area (TPSA) is 103 Å². The van der Waals surface area contributed by atoms with Gasteiger partial charge in [0.15, 0.2) is 48.2 Å². The van der Waals surface area contributed by atoms with E-state index >= 15 is 0 Å². The molecular weight excluding hydrogens is 643 g/mol. The van der Waals surface area contributed by atoms with E-state index in [9.17, 15) is 0 Å². The molecule has 3 aromatic heterocycles. The van der Waals surface area contributed by atoms with Gasteiger partial charge < -0.3 is 22.8 Å². The van der Waals surface area contributed by atoms with Crippen LogP contribution in [0, 0.1) is 0 Å². The first-order valence-electron chi connectivity index (χ1n) is 16.7. The van der Waals surface area contributed by atoms with E-state index in [1.807, 2.05) is 16.7 Å². The zero-order valence-electron chi connectivity index (χ0n) is 31.7. The molecule has 1 aliphatic rings. The summed E-state index contributed by atoms with van der Waals surface area (Å²) in [6.07, 6.45) is 3.50. The monoisotopic (exact) mass is 701 g/mol. The minimum Gasteiger partial charge on any atom is -0.479 e. The van der Waals surface area contributed by atoms with E-state index in [1.165, 1.54) is 0 Å². The molecule has 1 fully saturated rings. The normalized spacial score (nSPS) is 21.9. The molecule has 4 atom stereocenters. The molecule has 0 aromatic carbocycles. The standard InChI is InChI=1S/C34H59N5O5Si3/c1-32(2,3)45(11,12)41-21-24-26(43-46(13,14)33(4,5)6)27(44-47(15,16)34(7,8)9)31(42-24)39-22-36-25-29(39)37-28(38-30(25)40-10)23-17-19-35-20-18-23/h17-20,22,24,26-27,31H,21H2,1-16H3/t24-,26-,27-,31-/m1/s1. The largest absolute Gasteiger partial charge is 0.479 e. The number of pyridine rings is 1. The van der Waals surface area contributed by atoms with E-state index in [-0.39, 0.29) is 27.3 Å². The highest BCUT2D eigenvalue weighted by Gasteiger charge is 2.55. The molecule has 4 heterocycles. The third kappa shape index (κ3) is 7.76.